The van der Waals surface area contributed by atoms with E-state index in [0.717, 1.165) is 55.2 Å². The number of carbonyl (C=O) groups excluding carboxylic acids is 1. The zero-order valence-corrected chi connectivity index (χ0v) is 16.5. The molecular formula is C22H29N3O2. The molecular weight excluding hydrogens is 338 g/mol. The Morgan fingerprint density at radius 1 is 1.00 bits per heavy atom. The molecule has 0 saturated carbocycles. The summed E-state index contributed by atoms with van der Waals surface area (Å²) in [7, 11) is 1.69. The van der Waals surface area contributed by atoms with Crippen LogP contribution in [0.25, 0.3) is 0 Å². The zero-order chi connectivity index (χ0) is 19.2. The lowest BCUT2D eigenvalue weighted by molar-refractivity contribution is 0.0947. The maximum Gasteiger partial charge on any atom is 0.251 e. The summed E-state index contributed by atoms with van der Waals surface area (Å²) in [5, 5.41) is 3.05. The average molecular weight is 367 g/mol. The Bertz CT molecular complexity index is 745. The predicted molar refractivity (Wildman–Crippen MR) is 110 cm³/mol. The fraction of sp³-hybridized carbons (Fsp3) is 0.409. The second kappa shape index (κ2) is 8.91. The number of hydrogen-bond acceptors (Lipinski definition) is 4. The van der Waals surface area contributed by atoms with Crippen molar-refractivity contribution in [2.45, 2.75) is 13.8 Å². The number of benzene rings is 2. The van der Waals surface area contributed by atoms with Crippen LogP contribution in [0.3, 0.4) is 0 Å². The molecule has 5 heteroatoms. The van der Waals surface area contributed by atoms with Crippen LogP contribution in [0.1, 0.15) is 21.5 Å². The molecule has 1 amide bonds. The quantitative estimate of drug-likeness (QED) is 0.853. The Labute approximate surface area is 161 Å². The number of piperazine rings is 1. The van der Waals surface area contributed by atoms with Gasteiger partial charge in [-0.2, -0.15) is 0 Å². The average Bonchev–Trinajstić information content (AvgIpc) is 2.68. The van der Waals surface area contributed by atoms with Crippen molar-refractivity contribution in [3.63, 3.8) is 0 Å². The molecule has 2 aromatic carbocycles. The number of anilines is 1. The number of aryl methyl sites for hydroxylation is 2. The lowest BCUT2D eigenvalue weighted by Gasteiger charge is -2.36. The van der Waals surface area contributed by atoms with Gasteiger partial charge in [0.2, 0.25) is 0 Å². The van der Waals surface area contributed by atoms with Crippen molar-refractivity contribution in [1.29, 1.82) is 0 Å². The van der Waals surface area contributed by atoms with Crippen molar-refractivity contribution in [3.8, 4) is 5.75 Å². The summed E-state index contributed by atoms with van der Waals surface area (Å²) in [6.07, 6.45) is 0. The molecule has 1 saturated heterocycles. The first-order valence-corrected chi connectivity index (χ1v) is 9.53. The van der Waals surface area contributed by atoms with E-state index >= 15 is 0 Å². The Morgan fingerprint density at radius 2 is 1.63 bits per heavy atom. The molecule has 0 aliphatic carbocycles. The van der Waals surface area contributed by atoms with Gasteiger partial charge < -0.3 is 15.0 Å². The number of nitrogens with one attached hydrogen (secondary N) is 1. The van der Waals surface area contributed by atoms with Crippen LogP contribution in [0.2, 0.25) is 0 Å². The molecule has 0 atom stereocenters. The van der Waals surface area contributed by atoms with E-state index in [9.17, 15) is 4.79 Å². The molecule has 3 rings (SSSR count). The van der Waals surface area contributed by atoms with E-state index in [2.05, 4.69) is 33.3 Å². The number of carbonyl (C=O) groups is 1. The van der Waals surface area contributed by atoms with Gasteiger partial charge in [-0.15, -0.1) is 0 Å². The SMILES string of the molecule is COc1ccc(N2CCN(CCNC(=O)c3cc(C)cc(C)c3)CC2)cc1. The second-order valence-corrected chi connectivity index (χ2v) is 7.16. The summed E-state index contributed by atoms with van der Waals surface area (Å²) in [6, 6.07) is 14.2. The van der Waals surface area contributed by atoms with Crippen LogP contribution < -0.4 is 15.0 Å². The number of hydrogen-bond donors (Lipinski definition) is 1. The number of ether oxygens (including phenoxy) is 1. The summed E-state index contributed by atoms with van der Waals surface area (Å²) < 4.78 is 5.22. The van der Waals surface area contributed by atoms with Gasteiger partial charge in [0.1, 0.15) is 5.75 Å². The maximum atomic E-state index is 12.3. The first-order chi connectivity index (χ1) is 13.0. The molecule has 0 unspecified atom stereocenters. The van der Waals surface area contributed by atoms with Gasteiger partial charge in [-0.25, -0.2) is 0 Å². The molecule has 2 aromatic rings. The van der Waals surface area contributed by atoms with Gasteiger partial charge in [-0.3, -0.25) is 9.69 Å². The van der Waals surface area contributed by atoms with Gasteiger partial charge in [0.15, 0.2) is 0 Å². The Morgan fingerprint density at radius 3 is 2.22 bits per heavy atom. The minimum absolute atomic E-state index is 0.0127. The third-order valence-electron chi connectivity index (χ3n) is 5.01. The van der Waals surface area contributed by atoms with Gasteiger partial charge in [-0.05, 0) is 50.2 Å². The molecule has 1 fully saturated rings. The van der Waals surface area contributed by atoms with Crippen molar-refractivity contribution in [2.75, 3.05) is 51.3 Å². The van der Waals surface area contributed by atoms with Crippen molar-refractivity contribution in [3.05, 3.63) is 59.2 Å². The van der Waals surface area contributed by atoms with Crippen LogP contribution in [0, 0.1) is 13.8 Å². The molecule has 1 aliphatic rings. The van der Waals surface area contributed by atoms with E-state index in [0.29, 0.717) is 6.54 Å². The third kappa shape index (κ3) is 5.23. The smallest absolute Gasteiger partial charge is 0.251 e. The van der Waals surface area contributed by atoms with Crippen LogP contribution in [0.15, 0.2) is 42.5 Å². The van der Waals surface area contributed by atoms with E-state index in [1.165, 1.54) is 5.69 Å². The largest absolute Gasteiger partial charge is 0.497 e. The molecule has 27 heavy (non-hydrogen) atoms. The molecule has 0 radical (unpaired) electrons. The topological polar surface area (TPSA) is 44.8 Å². The third-order valence-corrected chi connectivity index (χ3v) is 5.01. The molecule has 0 bridgehead atoms. The fourth-order valence-corrected chi connectivity index (χ4v) is 3.56. The standard InChI is InChI=1S/C22H29N3O2/c1-17-14-18(2)16-19(15-17)22(26)23-8-9-24-10-12-25(13-11-24)20-4-6-21(27-3)7-5-20/h4-7,14-16H,8-13H2,1-3H3,(H,23,26). The van der Waals surface area contributed by atoms with E-state index < -0.39 is 0 Å². The molecule has 0 spiro atoms. The summed E-state index contributed by atoms with van der Waals surface area (Å²) in [6.45, 7) is 9.60. The van der Waals surface area contributed by atoms with Gasteiger partial charge in [0.05, 0.1) is 7.11 Å². The number of methoxy groups -OCH3 is 1. The molecule has 5 nitrogen and oxygen atoms in total. The van der Waals surface area contributed by atoms with Crippen LogP contribution in [-0.2, 0) is 0 Å². The summed E-state index contributed by atoms with van der Waals surface area (Å²) >= 11 is 0. The predicted octanol–water partition coefficient (Wildman–Crippen LogP) is 2.86. The first-order valence-electron chi connectivity index (χ1n) is 9.53. The number of rotatable bonds is 6. The van der Waals surface area contributed by atoms with Crippen molar-refractivity contribution >= 4 is 11.6 Å². The monoisotopic (exact) mass is 367 g/mol. The summed E-state index contributed by atoms with van der Waals surface area (Å²) in [5.74, 6) is 0.899. The first kappa shape index (κ1) is 19.2. The lowest BCUT2D eigenvalue weighted by atomic mass is 10.1. The van der Waals surface area contributed by atoms with Gasteiger partial charge in [-0.1, -0.05) is 17.2 Å². The van der Waals surface area contributed by atoms with Crippen LogP contribution in [0.5, 0.6) is 5.75 Å². The van der Waals surface area contributed by atoms with E-state index in [1.54, 1.807) is 7.11 Å². The van der Waals surface area contributed by atoms with Crippen molar-refractivity contribution in [2.24, 2.45) is 0 Å². The molecule has 1 heterocycles. The zero-order valence-electron chi connectivity index (χ0n) is 16.5. The second-order valence-electron chi connectivity index (χ2n) is 7.16. The van der Waals surface area contributed by atoms with E-state index in [4.69, 9.17) is 4.74 Å². The van der Waals surface area contributed by atoms with Gasteiger partial charge in [0.25, 0.3) is 5.91 Å². The Hall–Kier alpha value is -2.53. The van der Waals surface area contributed by atoms with Crippen molar-refractivity contribution in [1.82, 2.24) is 10.2 Å². The highest BCUT2D eigenvalue weighted by Crippen LogP contribution is 2.20. The minimum atomic E-state index is 0.0127. The Balaban J connectivity index is 1.42. The minimum Gasteiger partial charge on any atom is -0.497 e. The van der Waals surface area contributed by atoms with Gasteiger partial charge >= 0.3 is 0 Å². The van der Waals surface area contributed by atoms with E-state index in [-0.39, 0.29) is 5.91 Å². The number of amides is 1. The maximum absolute atomic E-state index is 12.3. The molecule has 144 valence electrons. The summed E-state index contributed by atoms with van der Waals surface area (Å²) in [4.78, 5) is 17.1. The molecule has 1 aliphatic heterocycles. The van der Waals surface area contributed by atoms with Crippen LogP contribution >= 0.6 is 0 Å². The van der Waals surface area contributed by atoms with E-state index in [1.807, 2.05) is 38.1 Å². The highest BCUT2D eigenvalue weighted by Gasteiger charge is 2.17. The molecule has 0 aromatic heterocycles. The lowest BCUT2D eigenvalue weighted by Crippen LogP contribution is -2.48. The summed E-state index contributed by atoms with van der Waals surface area (Å²) in [5.41, 5.74) is 4.22. The number of nitrogens with zero attached hydrogens (tertiary/aromatic N) is 2. The van der Waals surface area contributed by atoms with Gasteiger partial charge in [0, 0.05) is 50.5 Å². The molecule has 1 N–H and O–H groups in total. The van der Waals surface area contributed by atoms with Crippen LogP contribution in [0.4, 0.5) is 5.69 Å². The normalized spacial score (nSPS) is 14.9. The van der Waals surface area contributed by atoms with Crippen molar-refractivity contribution < 1.29 is 9.53 Å². The van der Waals surface area contributed by atoms with Crippen LogP contribution in [-0.4, -0.2) is 57.2 Å². The fourth-order valence-electron chi connectivity index (χ4n) is 3.56. The Kier molecular flexibility index (Phi) is 6.35. The highest BCUT2D eigenvalue weighted by molar-refractivity contribution is 5.94. The highest BCUT2D eigenvalue weighted by atomic mass is 16.5.